The predicted molar refractivity (Wildman–Crippen MR) is 101 cm³/mol. The Morgan fingerprint density at radius 1 is 0.870 bits per heavy atom. The minimum absolute atomic E-state index is 0.257. The summed E-state index contributed by atoms with van der Waals surface area (Å²) in [5.41, 5.74) is 2.54. The molecule has 2 aromatic carbocycles. The molecule has 2 aromatic rings. The second-order valence-electron chi connectivity index (χ2n) is 5.36. The number of rotatable bonds is 10. The normalized spacial score (nSPS) is 12.0. The van der Waals surface area contributed by atoms with Crippen molar-refractivity contribution in [1.29, 1.82) is 0 Å². The minimum Gasteiger partial charge on any atom is -0.481 e. The van der Waals surface area contributed by atoms with Gasteiger partial charge in [-0.2, -0.15) is 23.5 Å². The van der Waals surface area contributed by atoms with E-state index in [9.17, 15) is 9.90 Å². The highest BCUT2D eigenvalue weighted by Crippen LogP contribution is 2.21. The molecule has 0 fully saturated rings. The van der Waals surface area contributed by atoms with Crippen LogP contribution in [0.15, 0.2) is 60.7 Å². The number of carboxylic acid groups (broad SMARTS) is 1. The van der Waals surface area contributed by atoms with Crippen molar-refractivity contribution in [3.63, 3.8) is 0 Å². The second-order valence-corrected chi connectivity index (χ2v) is 7.50. The highest BCUT2D eigenvalue weighted by molar-refractivity contribution is 7.98. The lowest BCUT2D eigenvalue weighted by Crippen LogP contribution is -2.17. The Hall–Kier alpha value is -1.39. The first-order valence-electron chi connectivity index (χ1n) is 7.72. The predicted octanol–water partition coefficient (Wildman–Crippen LogP) is 4.94. The van der Waals surface area contributed by atoms with Crippen molar-refractivity contribution in [3.05, 3.63) is 71.8 Å². The van der Waals surface area contributed by atoms with Crippen LogP contribution in [-0.2, 0) is 16.3 Å². The standard InChI is InChI=1S/C19H22O2S2/c20-19(21)18(15-23-14-17-9-5-2-6-10-17)11-12-22-13-16-7-3-1-4-8-16/h1-10,18H,11-15H2,(H,20,21). The molecule has 0 radical (unpaired) electrons. The first kappa shape index (κ1) is 18.0. The van der Waals surface area contributed by atoms with Crippen LogP contribution in [0.5, 0.6) is 0 Å². The quantitative estimate of drug-likeness (QED) is 0.618. The van der Waals surface area contributed by atoms with E-state index in [1.165, 1.54) is 11.1 Å². The zero-order valence-corrected chi connectivity index (χ0v) is 14.7. The zero-order chi connectivity index (χ0) is 16.3. The average molecular weight is 347 g/mol. The van der Waals surface area contributed by atoms with Crippen molar-refractivity contribution < 1.29 is 9.90 Å². The molecule has 0 amide bonds. The molecule has 1 atom stereocenters. The molecule has 0 saturated carbocycles. The third-order valence-corrected chi connectivity index (χ3v) is 5.74. The lowest BCUT2D eigenvalue weighted by molar-refractivity contribution is -0.140. The molecular weight excluding hydrogens is 324 g/mol. The van der Waals surface area contributed by atoms with Gasteiger partial charge < -0.3 is 5.11 Å². The summed E-state index contributed by atoms with van der Waals surface area (Å²) >= 11 is 3.52. The maximum Gasteiger partial charge on any atom is 0.307 e. The summed E-state index contributed by atoms with van der Waals surface area (Å²) in [6.45, 7) is 0. The van der Waals surface area contributed by atoms with Crippen molar-refractivity contribution >= 4 is 29.5 Å². The zero-order valence-electron chi connectivity index (χ0n) is 13.1. The largest absolute Gasteiger partial charge is 0.481 e. The van der Waals surface area contributed by atoms with Crippen LogP contribution in [0.2, 0.25) is 0 Å². The molecule has 0 spiro atoms. The lowest BCUT2D eigenvalue weighted by Gasteiger charge is -2.12. The summed E-state index contributed by atoms with van der Waals surface area (Å²) in [6, 6.07) is 20.5. The summed E-state index contributed by atoms with van der Waals surface area (Å²) < 4.78 is 0. The fourth-order valence-electron chi connectivity index (χ4n) is 2.16. The van der Waals surface area contributed by atoms with Gasteiger partial charge in [0.2, 0.25) is 0 Å². The molecule has 2 rings (SSSR count). The van der Waals surface area contributed by atoms with Gasteiger partial charge in [-0.05, 0) is 23.3 Å². The Balaban J connectivity index is 1.66. The van der Waals surface area contributed by atoms with Crippen LogP contribution in [0.25, 0.3) is 0 Å². The van der Waals surface area contributed by atoms with Gasteiger partial charge in [0.05, 0.1) is 5.92 Å². The molecule has 0 heterocycles. The van der Waals surface area contributed by atoms with Gasteiger partial charge >= 0.3 is 5.97 Å². The summed E-state index contributed by atoms with van der Waals surface area (Å²) in [7, 11) is 0. The van der Waals surface area contributed by atoms with Crippen LogP contribution in [0, 0.1) is 5.92 Å². The van der Waals surface area contributed by atoms with E-state index >= 15 is 0 Å². The molecule has 122 valence electrons. The molecular formula is C19H22O2S2. The van der Waals surface area contributed by atoms with E-state index in [1.807, 2.05) is 48.2 Å². The third kappa shape index (κ3) is 7.14. The Morgan fingerprint density at radius 3 is 1.91 bits per heavy atom. The van der Waals surface area contributed by atoms with Crippen LogP contribution in [-0.4, -0.2) is 22.6 Å². The highest BCUT2D eigenvalue weighted by Gasteiger charge is 2.17. The minimum atomic E-state index is -0.675. The van der Waals surface area contributed by atoms with E-state index in [4.69, 9.17) is 0 Å². The van der Waals surface area contributed by atoms with Gasteiger partial charge in [-0.15, -0.1) is 0 Å². The fraction of sp³-hybridized carbons (Fsp3) is 0.316. The number of carbonyl (C=O) groups is 1. The first-order valence-corrected chi connectivity index (χ1v) is 10.0. The number of hydrogen-bond donors (Lipinski definition) is 1. The number of benzene rings is 2. The molecule has 0 aromatic heterocycles. The van der Waals surface area contributed by atoms with E-state index < -0.39 is 5.97 Å². The number of carboxylic acids is 1. The van der Waals surface area contributed by atoms with Gasteiger partial charge in [0.15, 0.2) is 0 Å². The van der Waals surface area contributed by atoms with Crippen molar-refractivity contribution in [1.82, 2.24) is 0 Å². The third-order valence-electron chi connectivity index (χ3n) is 3.50. The summed E-state index contributed by atoms with van der Waals surface area (Å²) in [6.07, 6.45) is 0.731. The highest BCUT2D eigenvalue weighted by atomic mass is 32.2. The van der Waals surface area contributed by atoms with E-state index in [0.717, 1.165) is 23.7 Å². The van der Waals surface area contributed by atoms with E-state index in [2.05, 4.69) is 24.3 Å². The molecule has 0 saturated heterocycles. The van der Waals surface area contributed by atoms with E-state index in [1.54, 1.807) is 11.8 Å². The molecule has 0 aliphatic rings. The monoisotopic (exact) mass is 346 g/mol. The van der Waals surface area contributed by atoms with Gasteiger partial charge in [-0.3, -0.25) is 4.79 Å². The van der Waals surface area contributed by atoms with Crippen LogP contribution >= 0.6 is 23.5 Å². The molecule has 1 unspecified atom stereocenters. The Bertz CT molecular complexity index is 572. The van der Waals surface area contributed by atoms with Gasteiger partial charge in [-0.25, -0.2) is 0 Å². The SMILES string of the molecule is O=C(O)C(CCSCc1ccccc1)CSCc1ccccc1. The number of aliphatic carboxylic acids is 1. The molecule has 1 N–H and O–H groups in total. The maximum absolute atomic E-state index is 11.4. The fourth-order valence-corrected chi connectivity index (χ4v) is 4.32. The average Bonchev–Trinajstić information content (AvgIpc) is 2.58. The first-order chi connectivity index (χ1) is 11.3. The van der Waals surface area contributed by atoms with E-state index in [0.29, 0.717) is 5.75 Å². The molecule has 0 aliphatic carbocycles. The Kier molecular flexibility index (Phi) is 8.12. The Labute approximate surface area is 146 Å². The molecule has 2 nitrogen and oxygen atoms in total. The molecule has 4 heteroatoms. The van der Waals surface area contributed by atoms with Crippen molar-refractivity contribution in [2.24, 2.45) is 5.92 Å². The summed E-state index contributed by atoms with van der Waals surface area (Å²) in [5, 5.41) is 9.36. The second kappa shape index (κ2) is 10.4. The van der Waals surface area contributed by atoms with Gasteiger partial charge in [-0.1, -0.05) is 60.7 Å². The molecule has 23 heavy (non-hydrogen) atoms. The van der Waals surface area contributed by atoms with Crippen molar-refractivity contribution in [2.45, 2.75) is 17.9 Å². The smallest absolute Gasteiger partial charge is 0.307 e. The topological polar surface area (TPSA) is 37.3 Å². The maximum atomic E-state index is 11.4. The summed E-state index contributed by atoms with van der Waals surface area (Å²) in [4.78, 5) is 11.4. The molecule has 0 bridgehead atoms. The van der Waals surface area contributed by atoms with Gasteiger partial charge in [0.25, 0.3) is 0 Å². The number of hydrogen-bond acceptors (Lipinski definition) is 3. The Morgan fingerprint density at radius 2 is 1.39 bits per heavy atom. The van der Waals surface area contributed by atoms with Gasteiger partial charge in [0, 0.05) is 17.3 Å². The van der Waals surface area contributed by atoms with Gasteiger partial charge in [0.1, 0.15) is 0 Å². The van der Waals surface area contributed by atoms with E-state index in [-0.39, 0.29) is 5.92 Å². The van der Waals surface area contributed by atoms with Crippen LogP contribution in [0.1, 0.15) is 17.5 Å². The summed E-state index contributed by atoms with van der Waals surface area (Å²) in [5.74, 6) is 2.46. The molecule has 0 aliphatic heterocycles. The lowest BCUT2D eigenvalue weighted by atomic mass is 10.1. The van der Waals surface area contributed by atoms with Crippen molar-refractivity contribution in [2.75, 3.05) is 11.5 Å². The van der Waals surface area contributed by atoms with Crippen LogP contribution in [0.3, 0.4) is 0 Å². The van der Waals surface area contributed by atoms with Crippen molar-refractivity contribution in [3.8, 4) is 0 Å². The number of thioether (sulfide) groups is 2. The van der Waals surface area contributed by atoms with Crippen LogP contribution in [0.4, 0.5) is 0 Å². The van der Waals surface area contributed by atoms with Crippen LogP contribution < -0.4 is 0 Å².